The van der Waals surface area contributed by atoms with Crippen LogP contribution >= 0.6 is 0 Å². The average molecular weight is 126 g/mol. The molecule has 9 heavy (non-hydrogen) atoms. The Morgan fingerprint density at radius 3 is 3.22 bits per heavy atom. The summed E-state index contributed by atoms with van der Waals surface area (Å²) in [4.78, 5) is 0. The largest absolute Gasteiger partial charge is 0.416 e. The van der Waals surface area contributed by atoms with Crippen LogP contribution in [0.5, 0.6) is 0 Å². The van der Waals surface area contributed by atoms with Crippen LogP contribution in [0.15, 0.2) is 4.42 Å². The van der Waals surface area contributed by atoms with Gasteiger partial charge in [0.1, 0.15) is 0 Å². The Kier molecular flexibility index (Phi) is 2.21. The van der Waals surface area contributed by atoms with E-state index in [-0.39, 0.29) is 0 Å². The van der Waals surface area contributed by atoms with Crippen molar-refractivity contribution in [1.29, 1.82) is 0 Å². The topological polar surface area (TPSA) is 51.0 Å². The van der Waals surface area contributed by atoms with E-state index in [2.05, 4.69) is 21.9 Å². The maximum absolute atomic E-state index is 4.73. The Bertz CT molecular complexity index is 149. The third kappa shape index (κ3) is 1.81. The van der Waals surface area contributed by atoms with Crippen LogP contribution in [0.2, 0.25) is 0 Å². The van der Waals surface area contributed by atoms with Gasteiger partial charge in [-0.15, -0.1) is 10.2 Å². The minimum absolute atomic E-state index is 0.580. The van der Waals surface area contributed by atoms with Gasteiger partial charge in [0.15, 0.2) is 0 Å². The Morgan fingerprint density at radius 1 is 1.78 bits per heavy atom. The van der Waals surface area contributed by atoms with Crippen LogP contribution in [0, 0.1) is 6.39 Å². The second kappa shape index (κ2) is 3.19. The first-order valence-corrected chi connectivity index (χ1v) is 2.82. The van der Waals surface area contributed by atoms with Crippen LogP contribution in [0.3, 0.4) is 0 Å². The van der Waals surface area contributed by atoms with Crippen molar-refractivity contribution < 1.29 is 4.42 Å². The highest BCUT2D eigenvalue weighted by Crippen LogP contribution is 1.87. The number of aromatic nitrogens is 2. The van der Waals surface area contributed by atoms with Gasteiger partial charge >= 0.3 is 6.39 Å². The van der Waals surface area contributed by atoms with Crippen molar-refractivity contribution in [3.05, 3.63) is 12.3 Å². The molecule has 49 valence electrons. The van der Waals surface area contributed by atoms with Gasteiger partial charge in [0.25, 0.3) is 0 Å². The summed E-state index contributed by atoms with van der Waals surface area (Å²) in [5, 5.41) is 10.0. The second-order valence-corrected chi connectivity index (χ2v) is 1.57. The van der Waals surface area contributed by atoms with Gasteiger partial charge in [-0.3, -0.25) is 0 Å². The van der Waals surface area contributed by atoms with Crippen LogP contribution in [0.4, 0.5) is 0 Å². The predicted octanol–water partition coefficient (Wildman–Crippen LogP) is -0.0207. The smallest absolute Gasteiger partial charge is 0.305 e. The summed E-state index contributed by atoms with van der Waals surface area (Å²) in [5.41, 5.74) is 0. The maximum Gasteiger partial charge on any atom is 0.305 e. The molecule has 4 heteroatoms. The van der Waals surface area contributed by atoms with E-state index in [0.717, 1.165) is 6.54 Å². The molecule has 0 aromatic carbocycles. The summed E-state index contributed by atoms with van der Waals surface area (Å²) < 4.78 is 4.73. The summed E-state index contributed by atoms with van der Waals surface area (Å²) in [5.74, 6) is 0.580. The molecule has 1 aromatic rings. The second-order valence-electron chi connectivity index (χ2n) is 1.57. The zero-order chi connectivity index (χ0) is 6.53. The minimum Gasteiger partial charge on any atom is -0.416 e. The molecule has 4 nitrogen and oxygen atoms in total. The molecule has 1 radical (unpaired) electrons. The monoisotopic (exact) mass is 126 g/mol. The fourth-order valence-corrected chi connectivity index (χ4v) is 0.473. The van der Waals surface area contributed by atoms with E-state index in [0.29, 0.717) is 12.4 Å². The van der Waals surface area contributed by atoms with Gasteiger partial charge in [-0.1, -0.05) is 6.92 Å². The lowest BCUT2D eigenvalue weighted by molar-refractivity contribution is 0.465. The lowest BCUT2D eigenvalue weighted by Gasteiger charge is -1.91. The molecule has 1 aromatic heterocycles. The zero-order valence-electron chi connectivity index (χ0n) is 5.22. The van der Waals surface area contributed by atoms with Gasteiger partial charge in [-0.05, 0) is 6.54 Å². The zero-order valence-corrected chi connectivity index (χ0v) is 5.22. The van der Waals surface area contributed by atoms with Crippen LogP contribution in [-0.4, -0.2) is 16.7 Å². The van der Waals surface area contributed by atoms with Crippen molar-refractivity contribution in [3.8, 4) is 0 Å². The minimum atomic E-state index is 0.580. The molecule has 0 amide bonds. The van der Waals surface area contributed by atoms with Gasteiger partial charge in [-0.25, -0.2) is 0 Å². The molecule has 0 aliphatic rings. The Labute approximate surface area is 53.3 Å². The molecule has 0 atom stereocenters. The van der Waals surface area contributed by atoms with Gasteiger partial charge in [0.05, 0.1) is 6.54 Å². The highest BCUT2D eigenvalue weighted by Gasteiger charge is 1.94. The van der Waals surface area contributed by atoms with E-state index in [1.807, 2.05) is 6.92 Å². The Morgan fingerprint density at radius 2 is 2.67 bits per heavy atom. The summed E-state index contributed by atoms with van der Waals surface area (Å²) in [7, 11) is 0. The molecule has 1 rings (SSSR count). The Hall–Kier alpha value is -0.900. The molecule has 0 aliphatic carbocycles. The maximum atomic E-state index is 4.73. The lowest BCUT2D eigenvalue weighted by atomic mass is 10.6. The van der Waals surface area contributed by atoms with Crippen LogP contribution in [0.25, 0.3) is 0 Å². The molecule has 0 spiro atoms. The van der Waals surface area contributed by atoms with Gasteiger partial charge in [0, 0.05) is 0 Å². The molecule has 0 saturated heterocycles. The third-order valence-electron chi connectivity index (χ3n) is 0.892. The SMILES string of the molecule is CCNCc1nn[c]o1. The average Bonchev–Trinajstić information content (AvgIpc) is 2.34. The summed E-state index contributed by atoms with van der Waals surface area (Å²) in [6.45, 7) is 3.55. The standard InChI is InChI=1S/C5H8N3O/c1-2-6-3-5-8-7-4-9-5/h6H,2-3H2,1H3. The predicted molar refractivity (Wildman–Crippen MR) is 30.5 cm³/mol. The van der Waals surface area contributed by atoms with E-state index in [9.17, 15) is 0 Å². The van der Waals surface area contributed by atoms with Crippen molar-refractivity contribution in [2.45, 2.75) is 13.5 Å². The molecule has 1 heterocycles. The summed E-state index contributed by atoms with van der Waals surface area (Å²) >= 11 is 0. The summed E-state index contributed by atoms with van der Waals surface area (Å²) in [6.07, 6.45) is 2.26. The number of hydrogen-bond acceptors (Lipinski definition) is 4. The molecule has 0 saturated carbocycles. The molecule has 0 bridgehead atoms. The van der Waals surface area contributed by atoms with Crippen molar-refractivity contribution in [3.63, 3.8) is 0 Å². The molecule has 1 N–H and O–H groups in total. The number of nitrogens with one attached hydrogen (secondary N) is 1. The van der Waals surface area contributed by atoms with Crippen molar-refractivity contribution in [2.75, 3.05) is 6.54 Å². The first kappa shape index (κ1) is 6.22. The fraction of sp³-hybridized carbons (Fsp3) is 0.600. The van der Waals surface area contributed by atoms with Crippen molar-refractivity contribution in [1.82, 2.24) is 15.5 Å². The number of hydrogen-bond donors (Lipinski definition) is 1. The molecular formula is C5H8N3O. The van der Waals surface area contributed by atoms with E-state index in [1.54, 1.807) is 0 Å². The van der Waals surface area contributed by atoms with Crippen molar-refractivity contribution in [2.24, 2.45) is 0 Å². The molecule has 0 fully saturated rings. The van der Waals surface area contributed by atoms with Gasteiger partial charge in [-0.2, -0.15) is 0 Å². The highest BCUT2D eigenvalue weighted by atomic mass is 16.4. The van der Waals surface area contributed by atoms with Crippen LogP contribution in [-0.2, 0) is 6.54 Å². The van der Waals surface area contributed by atoms with Gasteiger partial charge < -0.3 is 9.73 Å². The first-order chi connectivity index (χ1) is 4.43. The highest BCUT2D eigenvalue weighted by molar-refractivity contribution is 4.69. The van der Waals surface area contributed by atoms with E-state index in [4.69, 9.17) is 4.42 Å². The normalized spacial score (nSPS) is 9.89. The van der Waals surface area contributed by atoms with Crippen molar-refractivity contribution >= 4 is 0 Å². The molecular weight excluding hydrogens is 118 g/mol. The first-order valence-electron chi connectivity index (χ1n) is 2.82. The molecule has 0 unspecified atom stereocenters. The molecule has 0 aliphatic heterocycles. The van der Waals surface area contributed by atoms with E-state index < -0.39 is 0 Å². The van der Waals surface area contributed by atoms with Crippen LogP contribution < -0.4 is 5.32 Å². The van der Waals surface area contributed by atoms with E-state index >= 15 is 0 Å². The Balaban J connectivity index is 2.30. The number of nitrogens with zero attached hydrogens (tertiary/aromatic N) is 2. The number of rotatable bonds is 3. The third-order valence-corrected chi connectivity index (χ3v) is 0.892. The lowest BCUT2D eigenvalue weighted by Crippen LogP contribution is -2.11. The fourth-order valence-electron chi connectivity index (χ4n) is 0.473. The quantitative estimate of drug-likeness (QED) is 0.618. The van der Waals surface area contributed by atoms with Crippen LogP contribution in [0.1, 0.15) is 12.8 Å². The summed E-state index contributed by atoms with van der Waals surface area (Å²) in [6, 6.07) is 0. The van der Waals surface area contributed by atoms with Gasteiger partial charge in [0.2, 0.25) is 5.89 Å². The van der Waals surface area contributed by atoms with E-state index in [1.165, 1.54) is 0 Å².